The monoisotopic (exact) mass is 306 g/mol. The van der Waals surface area contributed by atoms with E-state index >= 15 is 0 Å². The highest BCUT2D eigenvalue weighted by Crippen LogP contribution is 2.20. The van der Waals surface area contributed by atoms with E-state index in [-0.39, 0.29) is 0 Å². The van der Waals surface area contributed by atoms with Crippen LogP contribution in [0.1, 0.15) is 11.1 Å². The first-order valence-corrected chi connectivity index (χ1v) is 7.30. The molecule has 8 N–H and O–H groups in total. The van der Waals surface area contributed by atoms with E-state index in [1.54, 1.807) is 24.3 Å². The molecule has 0 aliphatic heterocycles. The van der Waals surface area contributed by atoms with Gasteiger partial charge in [0.2, 0.25) is 0 Å². The van der Waals surface area contributed by atoms with Crippen molar-refractivity contribution < 1.29 is 0 Å². The molecule has 3 aromatic carbocycles. The van der Waals surface area contributed by atoms with Crippen LogP contribution in [0.3, 0.4) is 0 Å². The first kappa shape index (κ1) is 16.5. The topological polar surface area (TPSA) is 104 Å². The number of anilines is 2. The average molecular weight is 306 g/mol. The van der Waals surface area contributed by atoms with Crippen molar-refractivity contribution >= 4 is 11.4 Å². The maximum atomic E-state index is 6.14. The Balaban J connectivity index is 0.000000203. The van der Waals surface area contributed by atoms with E-state index in [2.05, 4.69) is 0 Å². The molecule has 3 aromatic rings. The van der Waals surface area contributed by atoms with Gasteiger partial charge in [0.05, 0.1) is 0 Å². The lowest BCUT2D eigenvalue weighted by molar-refractivity contribution is 0.567. The highest BCUT2D eigenvalue weighted by molar-refractivity contribution is 5.47. The zero-order chi connectivity index (χ0) is 16.7. The third-order valence-corrected chi connectivity index (χ3v) is 3.44. The predicted molar refractivity (Wildman–Crippen MR) is 97.3 cm³/mol. The maximum Gasteiger partial charge on any atom is 0.116 e. The summed E-state index contributed by atoms with van der Waals surface area (Å²) in [6.45, 7) is 0. The Morgan fingerprint density at radius 2 is 0.783 bits per heavy atom. The number of benzene rings is 3. The van der Waals surface area contributed by atoms with Crippen LogP contribution in [-0.2, 0) is 5.66 Å². The molecular formula is C19H22N4. The number of hydrogen-bond donors (Lipinski definition) is 4. The van der Waals surface area contributed by atoms with Gasteiger partial charge in [-0.05, 0) is 35.4 Å². The molecule has 0 atom stereocenters. The summed E-state index contributed by atoms with van der Waals surface area (Å²) in [5.41, 5.74) is 25.4. The largest absolute Gasteiger partial charge is 0.399 e. The molecule has 0 bridgehead atoms. The van der Waals surface area contributed by atoms with Gasteiger partial charge in [-0.2, -0.15) is 0 Å². The number of hydrogen-bond acceptors (Lipinski definition) is 4. The fourth-order valence-corrected chi connectivity index (χ4v) is 2.09. The first-order valence-electron chi connectivity index (χ1n) is 7.30. The molecule has 0 aliphatic rings. The van der Waals surface area contributed by atoms with Crippen LogP contribution in [0.4, 0.5) is 11.4 Å². The minimum atomic E-state index is -0.914. The molecule has 0 fully saturated rings. The van der Waals surface area contributed by atoms with E-state index in [0.29, 0.717) is 0 Å². The number of nitrogens with two attached hydrogens (primary N) is 4. The normalized spacial score (nSPS) is 10.5. The van der Waals surface area contributed by atoms with Gasteiger partial charge in [0.15, 0.2) is 0 Å². The molecule has 0 aromatic heterocycles. The molecule has 23 heavy (non-hydrogen) atoms. The van der Waals surface area contributed by atoms with E-state index in [0.717, 1.165) is 22.5 Å². The summed E-state index contributed by atoms with van der Waals surface area (Å²) >= 11 is 0. The van der Waals surface area contributed by atoms with Gasteiger partial charge in [-0.15, -0.1) is 0 Å². The van der Waals surface area contributed by atoms with E-state index in [9.17, 15) is 0 Å². The molecule has 3 rings (SSSR count). The Labute approximate surface area is 136 Å². The van der Waals surface area contributed by atoms with Crippen LogP contribution in [0.5, 0.6) is 0 Å². The highest BCUT2D eigenvalue weighted by atomic mass is 15.0. The summed E-state index contributed by atoms with van der Waals surface area (Å²) in [4.78, 5) is 0. The molecule has 0 spiro atoms. The van der Waals surface area contributed by atoms with Crippen LogP contribution < -0.4 is 22.9 Å². The molecule has 4 heteroatoms. The van der Waals surface area contributed by atoms with Crippen molar-refractivity contribution in [3.05, 3.63) is 96.1 Å². The summed E-state index contributed by atoms with van der Waals surface area (Å²) in [6, 6.07) is 26.5. The van der Waals surface area contributed by atoms with Gasteiger partial charge in [-0.25, -0.2) is 0 Å². The minimum Gasteiger partial charge on any atom is -0.399 e. The molecule has 0 amide bonds. The van der Waals surface area contributed by atoms with Crippen molar-refractivity contribution in [3.8, 4) is 0 Å². The molecule has 0 saturated heterocycles. The second-order valence-corrected chi connectivity index (χ2v) is 5.27. The summed E-state index contributed by atoms with van der Waals surface area (Å²) in [5.74, 6) is 0. The van der Waals surface area contributed by atoms with Crippen LogP contribution in [0.2, 0.25) is 0 Å². The van der Waals surface area contributed by atoms with E-state index in [4.69, 9.17) is 22.9 Å². The zero-order valence-corrected chi connectivity index (χ0v) is 12.9. The molecule has 0 unspecified atom stereocenters. The predicted octanol–water partition coefficient (Wildman–Crippen LogP) is 2.66. The van der Waals surface area contributed by atoms with Crippen molar-refractivity contribution in [2.24, 2.45) is 11.5 Å². The summed E-state index contributed by atoms with van der Waals surface area (Å²) in [5, 5.41) is 0. The summed E-state index contributed by atoms with van der Waals surface area (Å²) < 4.78 is 0. The van der Waals surface area contributed by atoms with Crippen LogP contribution in [0.15, 0.2) is 84.9 Å². The zero-order valence-electron chi connectivity index (χ0n) is 12.9. The molecule has 0 saturated carbocycles. The third-order valence-electron chi connectivity index (χ3n) is 3.44. The van der Waals surface area contributed by atoms with E-state index < -0.39 is 5.66 Å². The van der Waals surface area contributed by atoms with Crippen LogP contribution in [0, 0.1) is 0 Å². The van der Waals surface area contributed by atoms with E-state index in [1.807, 2.05) is 60.7 Å². The Bertz CT molecular complexity index is 645. The quantitative estimate of drug-likeness (QED) is 0.431. The van der Waals surface area contributed by atoms with Crippen molar-refractivity contribution in [2.75, 3.05) is 11.5 Å². The standard InChI is InChI=1S/C13H14N2.C6H8N2/c14-13(15,11-7-3-1-4-8-11)12-9-5-2-6-10-12;7-5-1-2-6(8)4-3-5/h1-10H,14-15H2;1-4H,7-8H2. The highest BCUT2D eigenvalue weighted by Gasteiger charge is 2.23. The third kappa shape index (κ3) is 4.57. The lowest BCUT2D eigenvalue weighted by Crippen LogP contribution is -2.46. The molecule has 118 valence electrons. The lowest BCUT2D eigenvalue weighted by Gasteiger charge is -2.25. The van der Waals surface area contributed by atoms with Gasteiger partial charge in [0.25, 0.3) is 0 Å². The fraction of sp³-hybridized carbons (Fsp3) is 0.0526. The number of rotatable bonds is 2. The van der Waals surface area contributed by atoms with Gasteiger partial charge in [0, 0.05) is 11.4 Å². The van der Waals surface area contributed by atoms with Crippen molar-refractivity contribution in [3.63, 3.8) is 0 Å². The maximum absolute atomic E-state index is 6.14. The molecule has 0 aliphatic carbocycles. The Morgan fingerprint density at radius 3 is 1.09 bits per heavy atom. The van der Waals surface area contributed by atoms with Crippen LogP contribution >= 0.6 is 0 Å². The molecular weight excluding hydrogens is 284 g/mol. The lowest BCUT2D eigenvalue weighted by atomic mass is 9.93. The van der Waals surface area contributed by atoms with E-state index in [1.165, 1.54) is 0 Å². The number of nitrogen functional groups attached to an aromatic ring is 2. The average Bonchev–Trinajstić information content (AvgIpc) is 2.60. The SMILES string of the molecule is NC(N)(c1ccccc1)c1ccccc1.Nc1ccc(N)cc1. The molecule has 0 heterocycles. The van der Waals surface area contributed by atoms with Gasteiger partial charge in [-0.1, -0.05) is 60.7 Å². The van der Waals surface area contributed by atoms with Crippen LogP contribution in [-0.4, -0.2) is 0 Å². The molecule has 0 radical (unpaired) electrons. The van der Waals surface area contributed by atoms with Crippen molar-refractivity contribution in [2.45, 2.75) is 5.66 Å². The summed E-state index contributed by atoms with van der Waals surface area (Å²) in [6.07, 6.45) is 0. The van der Waals surface area contributed by atoms with Crippen LogP contribution in [0.25, 0.3) is 0 Å². The fourth-order valence-electron chi connectivity index (χ4n) is 2.09. The summed E-state index contributed by atoms with van der Waals surface area (Å²) in [7, 11) is 0. The second-order valence-electron chi connectivity index (χ2n) is 5.27. The minimum absolute atomic E-state index is 0.749. The molecule has 4 nitrogen and oxygen atoms in total. The van der Waals surface area contributed by atoms with Gasteiger partial charge < -0.3 is 22.9 Å². The Morgan fingerprint density at radius 1 is 0.478 bits per heavy atom. The van der Waals surface area contributed by atoms with Crippen molar-refractivity contribution in [1.29, 1.82) is 0 Å². The second kappa shape index (κ2) is 7.45. The van der Waals surface area contributed by atoms with Gasteiger partial charge >= 0.3 is 0 Å². The smallest absolute Gasteiger partial charge is 0.116 e. The van der Waals surface area contributed by atoms with Gasteiger partial charge in [-0.3, -0.25) is 0 Å². The Kier molecular flexibility index (Phi) is 5.36. The van der Waals surface area contributed by atoms with Gasteiger partial charge in [0.1, 0.15) is 5.66 Å². The van der Waals surface area contributed by atoms with Crippen molar-refractivity contribution in [1.82, 2.24) is 0 Å². The first-order chi connectivity index (χ1) is 11.0. The Hall–Kier alpha value is -2.82.